The van der Waals surface area contributed by atoms with E-state index in [1.807, 2.05) is 0 Å². The quantitative estimate of drug-likeness (QED) is 0.0199. The van der Waals surface area contributed by atoms with Gasteiger partial charge in [-0.2, -0.15) is 0 Å². The van der Waals surface area contributed by atoms with E-state index in [0.29, 0.717) is 25.7 Å². The Morgan fingerprint density at radius 2 is 0.594 bits per heavy atom. The zero-order chi connectivity index (χ0) is 46.5. The first-order valence-corrected chi connectivity index (χ1v) is 27.0. The average molecular weight is 893 g/mol. The van der Waals surface area contributed by atoms with Crippen molar-refractivity contribution in [2.45, 2.75) is 264 Å². The van der Waals surface area contributed by atoms with Gasteiger partial charge < -0.3 is 14.2 Å². The molecular formula is C58H100O6. The summed E-state index contributed by atoms with van der Waals surface area (Å²) in [6.45, 7) is 6.52. The van der Waals surface area contributed by atoms with Gasteiger partial charge in [0.15, 0.2) is 6.10 Å². The van der Waals surface area contributed by atoms with E-state index < -0.39 is 6.10 Å². The van der Waals surface area contributed by atoms with Crippen LogP contribution in [0.15, 0.2) is 72.9 Å². The topological polar surface area (TPSA) is 78.9 Å². The maximum Gasteiger partial charge on any atom is 0.306 e. The van der Waals surface area contributed by atoms with Gasteiger partial charge in [-0.05, 0) is 89.9 Å². The van der Waals surface area contributed by atoms with Crippen molar-refractivity contribution in [2.75, 3.05) is 13.2 Å². The number of carbonyl (C=O) groups excluding carboxylic acids is 3. The normalized spacial score (nSPS) is 12.6. The Kier molecular flexibility index (Phi) is 49.9. The van der Waals surface area contributed by atoms with Crippen molar-refractivity contribution in [3.63, 3.8) is 0 Å². The molecule has 0 radical (unpaired) electrons. The molecule has 0 aromatic rings. The highest BCUT2D eigenvalue weighted by atomic mass is 16.6. The Hall–Kier alpha value is -3.15. The van der Waals surface area contributed by atoms with E-state index in [9.17, 15) is 14.4 Å². The summed E-state index contributed by atoms with van der Waals surface area (Å²) < 4.78 is 16.7. The Labute approximate surface area is 395 Å². The van der Waals surface area contributed by atoms with Crippen molar-refractivity contribution in [3.8, 4) is 0 Å². The van der Waals surface area contributed by atoms with Crippen molar-refractivity contribution in [1.82, 2.24) is 0 Å². The lowest BCUT2D eigenvalue weighted by Gasteiger charge is -2.18. The minimum Gasteiger partial charge on any atom is -0.462 e. The van der Waals surface area contributed by atoms with Crippen molar-refractivity contribution >= 4 is 17.9 Å². The highest BCUT2D eigenvalue weighted by Crippen LogP contribution is 2.14. The molecule has 0 aliphatic rings. The van der Waals surface area contributed by atoms with Gasteiger partial charge >= 0.3 is 17.9 Å². The number of carbonyl (C=O) groups is 3. The zero-order valence-corrected chi connectivity index (χ0v) is 42.0. The number of allylic oxidation sites excluding steroid dienone is 12. The molecule has 0 saturated carbocycles. The Morgan fingerprint density at radius 3 is 1.03 bits per heavy atom. The van der Waals surface area contributed by atoms with Gasteiger partial charge in [-0.25, -0.2) is 0 Å². The predicted molar refractivity (Wildman–Crippen MR) is 274 cm³/mol. The predicted octanol–water partition coefficient (Wildman–Crippen LogP) is 17.8. The van der Waals surface area contributed by atoms with E-state index in [4.69, 9.17) is 14.2 Å². The summed E-state index contributed by atoms with van der Waals surface area (Å²) in [5, 5.41) is 0. The smallest absolute Gasteiger partial charge is 0.306 e. The second-order valence-corrected chi connectivity index (χ2v) is 17.9. The average Bonchev–Trinajstić information content (AvgIpc) is 3.29. The summed E-state index contributed by atoms with van der Waals surface area (Å²) >= 11 is 0. The maximum atomic E-state index is 12.8. The standard InChI is InChI=1S/C58H100O6/c1-4-7-10-13-16-19-21-23-25-27-29-31-32-34-36-39-42-45-48-51-57(60)63-54-55(53-62-56(59)50-47-44-41-38-18-15-12-9-6-3)64-58(61)52-49-46-43-40-37-35-33-30-28-26-24-22-20-17-14-11-8-5-2/h16,19,21-24,26,28,30,33,38,41,55H,4-15,17-18,20,25,27,29,31-32,34-37,39-40,42-54H2,1-3H3/b19-16-,23-21-,24-22-,28-26-,33-30-,41-38-. The lowest BCUT2D eigenvalue weighted by atomic mass is 10.1. The van der Waals surface area contributed by atoms with Crippen molar-refractivity contribution in [2.24, 2.45) is 0 Å². The summed E-state index contributed by atoms with van der Waals surface area (Å²) in [7, 11) is 0. The first kappa shape index (κ1) is 60.9. The summed E-state index contributed by atoms with van der Waals surface area (Å²) in [5.41, 5.74) is 0. The molecule has 0 heterocycles. The third kappa shape index (κ3) is 49.9. The van der Waals surface area contributed by atoms with Gasteiger partial charge in [0.05, 0.1) is 0 Å². The zero-order valence-electron chi connectivity index (χ0n) is 42.0. The number of rotatable bonds is 48. The highest BCUT2D eigenvalue weighted by molar-refractivity contribution is 5.71. The molecule has 0 saturated heterocycles. The largest absolute Gasteiger partial charge is 0.462 e. The molecule has 0 aromatic heterocycles. The molecule has 1 unspecified atom stereocenters. The van der Waals surface area contributed by atoms with Crippen LogP contribution in [0.5, 0.6) is 0 Å². The fourth-order valence-corrected chi connectivity index (χ4v) is 7.38. The monoisotopic (exact) mass is 893 g/mol. The lowest BCUT2D eigenvalue weighted by molar-refractivity contribution is -0.167. The van der Waals surface area contributed by atoms with E-state index in [2.05, 4.69) is 93.7 Å². The third-order valence-electron chi connectivity index (χ3n) is 11.5. The van der Waals surface area contributed by atoms with E-state index in [1.54, 1.807) is 0 Å². The number of esters is 3. The highest BCUT2D eigenvalue weighted by Gasteiger charge is 2.19. The van der Waals surface area contributed by atoms with Gasteiger partial charge in [-0.1, -0.05) is 222 Å². The number of unbranched alkanes of at least 4 members (excludes halogenated alkanes) is 28. The Morgan fingerprint density at radius 1 is 0.312 bits per heavy atom. The second kappa shape index (κ2) is 52.5. The molecule has 0 fully saturated rings. The van der Waals surface area contributed by atoms with Crippen LogP contribution in [0.3, 0.4) is 0 Å². The van der Waals surface area contributed by atoms with E-state index in [0.717, 1.165) is 77.0 Å². The summed E-state index contributed by atoms with van der Waals surface area (Å²) in [4.78, 5) is 37.9. The van der Waals surface area contributed by atoms with Crippen LogP contribution in [-0.4, -0.2) is 37.2 Å². The lowest BCUT2D eigenvalue weighted by Crippen LogP contribution is -2.30. The molecule has 0 aliphatic carbocycles. The molecule has 64 heavy (non-hydrogen) atoms. The SMILES string of the molecule is CCCCC/C=C\C=C/CCCCCCCCCCCCC(=O)OCC(COC(=O)CCC/C=C\CCCCCC)OC(=O)CCCCCCC\C=C/C=C\C=C/CCCCCCC. The van der Waals surface area contributed by atoms with Gasteiger partial charge in [0.2, 0.25) is 0 Å². The molecule has 0 N–H and O–H groups in total. The third-order valence-corrected chi connectivity index (χ3v) is 11.5. The van der Waals surface area contributed by atoms with E-state index >= 15 is 0 Å². The van der Waals surface area contributed by atoms with Gasteiger partial charge in [-0.15, -0.1) is 0 Å². The van der Waals surface area contributed by atoms with Crippen LogP contribution in [0.1, 0.15) is 258 Å². The number of hydrogen-bond acceptors (Lipinski definition) is 6. The van der Waals surface area contributed by atoms with Crippen LogP contribution in [0.2, 0.25) is 0 Å². The fraction of sp³-hybridized carbons (Fsp3) is 0.741. The molecule has 1 atom stereocenters. The summed E-state index contributed by atoms with van der Waals surface area (Å²) in [6.07, 6.45) is 66.1. The summed E-state index contributed by atoms with van der Waals surface area (Å²) in [6, 6.07) is 0. The van der Waals surface area contributed by atoms with Gasteiger partial charge in [0.25, 0.3) is 0 Å². The first-order chi connectivity index (χ1) is 31.5. The van der Waals surface area contributed by atoms with E-state index in [1.165, 1.54) is 135 Å². The van der Waals surface area contributed by atoms with Crippen molar-refractivity contribution in [1.29, 1.82) is 0 Å². The van der Waals surface area contributed by atoms with Crippen LogP contribution in [0, 0.1) is 0 Å². The second-order valence-electron chi connectivity index (χ2n) is 17.9. The minimum atomic E-state index is -0.797. The fourth-order valence-electron chi connectivity index (χ4n) is 7.38. The Bertz CT molecular complexity index is 1210. The van der Waals surface area contributed by atoms with Crippen LogP contribution in [0.4, 0.5) is 0 Å². The molecule has 6 nitrogen and oxygen atoms in total. The first-order valence-electron chi connectivity index (χ1n) is 27.0. The van der Waals surface area contributed by atoms with Gasteiger partial charge in [0.1, 0.15) is 13.2 Å². The van der Waals surface area contributed by atoms with Crippen LogP contribution < -0.4 is 0 Å². The van der Waals surface area contributed by atoms with Crippen LogP contribution >= 0.6 is 0 Å². The molecule has 0 spiro atoms. The Balaban J connectivity index is 4.36. The molecule has 0 bridgehead atoms. The van der Waals surface area contributed by atoms with Crippen molar-refractivity contribution in [3.05, 3.63) is 72.9 Å². The van der Waals surface area contributed by atoms with Crippen LogP contribution in [0.25, 0.3) is 0 Å². The molecule has 368 valence electrons. The molecule has 0 aliphatic heterocycles. The molecular weight excluding hydrogens is 793 g/mol. The molecule has 0 amide bonds. The van der Waals surface area contributed by atoms with Gasteiger partial charge in [0, 0.05) is 19.3 Å². The molecule has 0 aromatic carbocycles. The van der Waals surface area contributed by atoms with Gasteiger partial charge in [-0.3, -0.25) is 14.4 Å². The van der Waals surface area contributed by atoms with Crippen molar-refractivity contribution < 1.29 is 28.6 Å². The maximum absolute atomic E-state index is 12.8. The molecule has 6 heteroatoms. The number of ether oxygens (including phenoxy) is 3. The molecule has 0 rings (SSSR count). The number of hydrogen-bond donors (Lipinski definition) is 0. The minimum absolute atomic E-state index is 0.0940. The van der Waals surface area contributed by atoms with E-state index in [-0.39, 0.29) is 31.1 Å². The summed E-state index contributed by atoms with van der Waals surface area (Å²) in [5.74, 6) is -0.952. The van der Waals surface area contributed by atoms with Crippen LogP contribution in [-0.2, 0) is 28.6 Å².